The van der Waals surface area contributed by atoms with Crippen LogP contribution in [0.1, 0.15) is 57.2 Å². The van der Waals surface area contributed by atoms with Gasteiger partial charge in [0, 0.05) is 31.9 Å². The second-order valence-electron chi connectivity index (χ2n) is 7.78. The van der Waals surface area contributed by atoms with E-state index in [1.807, 2.05) is 11.3 Å². The Morgan fingerprint density at radius 1 is 1.21 bits per heavy atom. The highest BCUT2D eigenvalue weighted by molar-refractivity contribution is 7.14. The van der Waals surface area contributed by atoms with Gasteiger partial charge in [-0.15, -0.1) is 11.3 Å². The molecule has 6 nitrogen and oxygen atoms in total. The first-order valence-corrected chi connectivity index (χ1v) is 11.6. The molecular weight excluding hydrogens is 368 g/mol. The van der Waals surface area contributed by atoms with Crippen molar-refractivity contribution in [1.82, 2.24) is 20.4 Å². The predicted octanol–water partition coefficient (Wildman–Crippen LogP) is 3.78. The molecule has 0 atom stereocenters. The van der Waals surface area contributed by atoms with E-state index < -0.39 is 0 Å². The van der Waals surface area contributed by atoms with Crippen molar-refractivity contribution in [2.45, 2.75) is 64.1 Å². The standard InChI is InChI=1S/C21H32N6S/c1-2-22-21(23-16-18-11-14-27(25-18)19-6-3-4-7-19)24-17-9-12-26(13-10-17)20-8-5-15-28-20/h5,8,11,14-15,17,19H,2-4,6-7,9-10,12-13,16H2,1H3,(H2,22,23,24). The molecule has 0 unspecified atom stereocenters. The van der Waals surface area contributed by atoms with Crippen LogP contribution in [0.25, 0.3) is 0 Å². The van der Waals surface area contributed by atoms with Gasteiger partial charge in [0.2, 0.25) is 0 Å². The molecule has 2 aromatic rings. The highest BCUT2D eigenvalue weighted by atomic mass is 32.1. The molecule has 1 saturated heterocycles. The Bertz CT molecular complexity index is 739. The summed E-state index contributed by atoms with van der Waals surface area (Å²) in [6, 6.07) is 7.54. The van der Waals surface area contributed by atoms with Crippen LogP contribution in [0.5, 0.6) is 0 Å². The Hall–Kier alpha value is -2.02. The van der Waals surface area contributed by atoms with E-state index in [4.69, 9.17) is 10.1 Å². The predicted molar refractivity (Wildman–Crippen MR) is 117 cm³/mol. The Kier molecular flexibility index (Phi) is 6.52. The SMILES string of the molecule is CCNC(=NCc1ccn(C2CCCC2)n1)NC1CCN(c2cccs2)CC1. The number of nitrogens with one attached hydrogen (secondary N) is 2. The summed E-state index contributed by atoms with van der Waals surface area (Å²) in [4.78, 5) is 7.28. The zero-order valence-electron chi connectivity index (χ0n) is 16.8. The number of hydrogen-bond acceptors (Lipinski definition) is 4. The van der Waals surface area contributed by atoms with E-state index in [-0.39, 0.29) is 0 Å². The van der Waals surface area contributed by atoms with Gasteiger partial charge in [0.05, 0.1) is 23.3 Å². The van der Waals surface area contributed by atoms with Gasteiger partial charge in [0.1, 0.15) is 0 Å². The summed E-state index contributed by atoms with van der Waals surface area (Å²) >= 11 is 1.83. The van der Waals surface area contributed by atoms with E-state index in [1.54, 1.807) is 0 Å². The fourth-order valence-electron chi connectivity index (χ4n) is 4.20. The highest BCUT2D eigenvalue weighted by Gasteiger charge is 2.21. The number of guanidine groups is 1. The van der Waals surface area contributed by atoms with Gasteiger partial charge in [-0.25, -0.2) is 4.99 Å². The molecule has 0 spiro atoms. The maximum atomic E-state index is 4.79. The van der Waals surface area contributed by atoms with E-state index in [9.17, 15) is 0 Å². The van der Waals surface area contributed by atoms with Crippen LogP contribution < -0.4 is 15.5 Å². The minimum absolute atomic E-state index is 0.477. The molecule has 0 aromatic carbocycles. The molecule has 1 saturated carbocycles. The van der Waals surface area contributed by atoms with Crippen molar-refractivity contribution in [3.8, 4) is 0 Å². The van der Waals surface area contributed by atoms with Crippen LogP contribution in [0.2, 0.25) is 0 Å². The molecule has 152 valence electrons. The van der Waals surface area contributed by atoms with Crippen molar-refractivity contribution >= 4 is 22.3 Å². The summed E-state index contributed by atoms with van der Waals surface area (Å²) in [6.07, 6.45) is 9.59. The highest BCUT2D eigenvalue weighted by Crippen LogP contribution is 2.28. The number of aromatic nitrogens is 2. The Morgan fingerprint density at radius 2 is 2.04 bits per heavy atom. The lowest BCUT2D eigenvalue weighted by atomic mass is 10.1. The molecule has 3 heterocycles. The van der Waals surface area contributed by atoms with Crippen molar-refractivity contribution in [3.63, 3.8) is 0 Å². The van der Waals surface area contributed by atoms with Crippen LogP contribution in [0, 0.1) is 0 Å². The van der Waals surface area contributed by atoms with Crippen molar-refractivity contribution in [2.24, 2.45) is 4.99 Å². The van der Waals surface area contributed by atoms with Crippen LogP contribution in [0.3, 0.4) is 0 Å². The van der Waals surface area contributed by atoms with Crippen LogP contribution >= 0.6 is 11.3 Å². The normalized spacial score (nSPS) is 19.3. The lowest BCUT2D eigenvalue weighted by Crippen LogP contribution is -2.48. The molecule has 1 aliphatic carbocycles. The van der Waals surface area contributed by atoms with Gasteiger partial charge in [-0.1, -0.05) is 12.8 Å². The van der Waals surface area contributed by atoms with Crippen molar-refractivity contribution in [3.05, 3.63) is 35.5 Å². The summed E-state index contributed by atoms with van der Waals surface area (Å²) in [5.74, 6) is 0.910. The molecular formula is C21H32N6S. The second kappa shape index (κ2) is 9.45. The molecule has 1 aliphatic heterocycles. The number of hydrogen-bond donors (Lipinski definition) is 2. The number of anilines is 1. The molecule has 7 heteroatoms. The van der Waals surface area contributed by atoms with Gasteiger partial charge in [-0.05, 0) is 56.2 Å². The van der Waals surface area contributed by atoms with Crippen molar-refractivity contribution in [2.75, 3.05) is 24.5 Å². The summed E-state index contributed by atoms with van der Waals surface area (Å²) < 4.78 is 2.15. The topological polar surface area (TPSA) is 57.5 Å². The molecule has 0 amide bonds. The average Bonchev–Trinajstić information content (AvgIpc) is 3.49. The number of nitrogens with zero attached hydrogens (tertiary/aromatic N) is 4. The zero-order valence-corrected chi connectivity index (χ0v) is 17.6. The number of thiophene rings is 1. The van der Waals surface area contributed by atoms with Crippen molar-refractivity contribution < 1.29 is 0 Å². The minimum atomic E-state index is 0.477. The van der Waals surface area contributed by atoms with Gasteiger partial charge < -0.3 is 15.5 Å². The maximum Gasteiger partial charge on any atom is 0.191 e. The van der Waals surface area contributed by atoms with Crippen LogP contribution in [0.4, 0.5) is 5.00 Å². The third-order valence-electron chi connectivity index (χ3n) is 5.76. The van der Waals surface area contributed by atoms with E-state index >= 15 is 0 Å². The molecule has 0 radical (unpaired) electrons. The summed E-state index contributed by atoms with van der Waals surface area (Å²) in [5, 5.41) is 15.3. The first kappa shape index (κ1) is 19.3. The van der Waals surface area contributed by atoms with E-state index in [0.717, 1.165) is 44.1 Å². The third-order valence-corrected chi connectivity index (χ3v) is 6.69. The molecule has 2 aromatic heterocycles. The molecule has 0 bridgehead atoms. The third kappa shape index (κ3) is 4.87. The smallest absolute Gasteiger partial charge is 0.191 e. The quantitative estimate of drug-likeness (QED) is 0.572. The van der Waals surface area contributed by atoms with Gasteiger partial charge in [0.15, 0.2) is 5.96 Å². The van der Waals surface area contributed by atoms with E-state index in [2.05, 4.69) is 56.9 Å². The number of rotatable bonds is 6. The average molecular weight is 401 g/mol. The lowest BCUT2D eigenvalue weighted by Gasteiger charge is -2.33. The number of aliphatic imine (C=N–C) groups is 1. The maximum absolute atomic E-state index is 4.79. The van der Waals surface area contributed by atoms with Crippen LogP contribution in [0.15, 0.2) is 34.8 Å². The first-order valence-electron chi connectivity index (χ1n) is 10.7. The van der Waals surface area contributed by atoms with Gasteiger partial charge in [0.25, 0.3) is 0 Å². The Morgan fingerprint density at radius 3 is 2.75 bits per heavy atom. The minimum Gasteiger partial charge on any atom is -0.363 e. The molecule has 4 rings (SSSR count). The van der Waals surface area contributed by atoms with Gasteiger partial charge in [-0.3, -0.25) is 4.68 Å². The Labute approximate surface area is 172 Å². The second-order valence-corrected chi connectivity index (χ2v) is 8.70. The van der Waals surface area contributed by atoms with E-state index in [1.165, 1.54) is 30.7 Å². The fraction of sp³-hybridized carbons (Fsp3) is 0.619. The molecule has 28 heavy (non-hydrogen) atoms. The summed E-state index contributed by atoms with van der Waals surface area (Å²) in [7, 11) is 0. The van der Waals surface area contributed by atoms with Gasteiger partial charge in [-0.2, -0.15) is 5.10 Å². The fourth-order valence-corrected chi connectivity index (χ4v) is 4.99. The molecule has 2 aliphatic rings. The summed E-state index contributed by atoms with van der Waals surface area (Å²) in [5.41, 5.74) is 1.05. The first-order chi connectivity index (χ1) is 13.8. The monoisotopic (exact) mass is 400 g/mol. The largest absolute Gasteiger partial charge is 0.363 e. The zero-order chi connectivity index (χ0) is 19.2. The number of piperidine rings is 1. The lowest BCUT2D eigenvalue weighted by molar-refractivity contribution is 0.460. The van der Waals surface area contributed by atoms with Crippen LogP contribution in [-0.4, -0.2) is 41.4 Å². The summed E-state index contributed by atoms with van der Waals surface area (Å²) in [6.45, 7) is 5.82. The Balaban J connectivity index is 1.30. The van der Waals surface area contributed by atoms with Crippen molar-refractivity contribution in [1.29, 1.82) is 0 Å². The van der Waals surface area contributed by atoms with Gasteiger partial charge >= 0.3 is 0 Å². The molecule has 2 N–H and O–H groups in total. The molecule has 2 fully saturated rings. The van der Waals surface area contributed by atoms with Crippen LogP contribution in [-0.2, 0) is 6.54 Å². The van der Waals surface area contributed by atoms with E-state index in [0.29, 0.717) is 18.6 Å².